The largest absolute Gasteiger partial charge is 0.742 e. The molecule has 0 aliphatic rings. The zero-order valence-corrected chi connectivity index (χ0v) is 19.4. The van der Waals surface area contributed by atoms with Crippen molar-refractivity contribution in [2.24, 2.45) is 5.10 Å². The highest BCUT2D eigenvalue weighted by molar-refractivity contribution is 7.85. The first-order valence-electron chi connectivity index (χ1n) is 9.98. The van der Waals surface area contributed by atoms with Crippen molar-refractivity contribution in [3.8, 4) is 0 Å². The summed E-state index contributed by atoms with van der Waals surface area (Å²) >= 11 is 0. The van der Waals surface area contributed by atoms with Crippen LogP contribution in [-0.2, 0) is 14.9 Å². The van der Waals surface area contributed by atoms with Crippen LogP contribution in [0.3, 0.4) is 0 Å². The van der Waals surface area contributed by atoms with Crippen LogP contribution in [0, 0.1) is 5.82 Å². The molecule has 0 saturated heterocycles. The number of amides is 2. The zero-order valence-electron chi connectivity index (χ0n) is 18.6. The van der Waals surface area contributed by atoms with Crippen molar-refractivity contribution in [2.75, 3.05) is 19.0 Å². The SMILES string of the molecule is CN(C)c1ccc(/C=C(/NC(=O)c2cccc(F)c2)C(=O)N/N=C\c2ccc(S(=O)(=O)[O-])o2)cc1. The van der Waals surface area contributed by atoms with Crippen LogP contribution >= 0.6 is 0 Å². The van der Waals surface area contributed by atoms with Crippen LogP contribution in [0.25, 0.3) is 6.08 Å². The summed E-state index contributed by atoms with van der Waals surface area (Å²) in [5.41, 5.74) is 3.47. The highest BCUT2D eigenvalue weighted by Crippen LogP contribution is 2.15. The van der Waals surface area contributed by atoms with Crippen LogP contribution in [0.5, 0.6) is 0 Å². The van der Waals surface area contributed by atoms with Gasteiger partial charge in [0.2, 0.25) is 5.09 Å². The van der Waals surface area contributed by atoms with E-state index < -0.39 is 32.8 Å². The van der Waals surface area contributed by atoms with E-state index in [2.05, 4.69) is 15.8 Å². The molecule has 182 valence electrons. The van der Waals surface area contributed by atoms with Crippen molar-refractivity contribution in [1.82, 2.24) is 10.7 Å². The first-order valence-corrected chi connectivity index (χ1v) is 11.4. The predicted octanol–water partition coefficient (Wildman–Crippen LogP) is 2.31. The molecule has 3 aromatic rings. The van der Waals surface area contributed by atoms with Gasteiger partial charge in [0.25, 0.3) is 11.8 Å². The Bertz CT molecular complexity index is 1400. The summed E-state index contributed by atoms with van der Waals surface area (Å²) in [6.45, 7) is 0. The number of hydrogen-bond acceptors (Lipinski definition) is 8. The topological polar surface area (TPSA) is 144 Å². The summed E-state index contributed by atoms with van der Waals surface area (Å²) < 4.78 is 51.2. The molecule has 0 radical (unpaired) electrons. The van der Waals surface area contributed by atoms with Gasteiger partial charge in [-0.2, -0.15) is 5.10 Å². The number of furan rings is 1. The summed E-state index contributed by atoms with van der Waals surface area (Å²) in [6, 6.07) is 14.2. The Morgan fingerprint density at radius 1 is 1.09 bits per heavy atom. The molecule has 2 N–H and O–H groups in total. The highest BCUT2D eigenvalue weighted by atomic mass is 32.2. The molecule has 1 aromatic heterocycles. The van der Waals surface area contributed by atoms with Gasteiger partial charge in [-0.15, -0.1) is 0 Å². The molecule has 2 amide bonds. The number of rotatable bonds is 8. The second kappa shape index (κ2) is 10.8. The Morgan fingerprint density at radius 3 is 2.40 bits per heavy atom. The van der Waals surface area contributed by atoms with Gasteiger partial charge in [0.15, 0.2) is 10.1 Å². The molecule has 0 fully saturated rings. The fourth-order valence-corrected chi connectivity index (χ4v) is 3.20. The van der Waals surface area contributed by atoms with Crippen molar-refractivity contribution in [3.63, 3.8) is 0 Å². The highest BCUT2D eigenvalue weighted by Gasteiger charge is 2.15. The van der Waals surface area contributed by atoms with E-state index in [1.54, 1.807) is 12.1 Å². The van der Waals surface area contributed by atoms with Gasteiger partial charge in [-0.05, 0) is 54.1 Å². The van der Waals surface area contributed by atoms with Crippen molar-refractivity contribution >= 4 is 39.9 Å². The summed E-state index contributed by atoms with van der Waals surface area (Å²) in [7, 11) is -1.03. The molecular formula is C23H20FN4O6S-. The van der Waals surface area contributed by atoms with E-state index in [1.807, 2.05) is 31.1 Å². The lowest BCUT2D eigenvalue weighted by molar-refractivity contribution is -0.117. The molecule has 0 bridgehead atoms. The Labute approximate surface area is 200 Å². The minimum absolute atomic E-state index is 0.00269. The van der Waals surface area contributed by atoms with E-state index in [0.717, 1.165) is 24.0 Å². The van der Waals surface area contributed by atoms with Crippen LogP contribution in [0.4, 0.5) is 10.1 Å². The van der Waals surface area contributed by atoms with E-state index >= 15 is 0 Å². The third-order valence-electron chi connectivity index (χ3n) is 4.51. The lowest BCUT2D eigenvalue weighted by Gasteiger charge is -2.12. The summed E-state index contributed by atoms with van der Waals surface area (Å²) in [5, 5.41) is 5.29. The summed E-state index contributed by atoms with van der Waals surface area (Å²) in [6.07, 6.45) is 2.38. The number of benzene rings is 2. The van der Waals surface area contributed by atoms with Crippen LogP contribution in [0.15, 0.2) is 81.0 Å². The predicted molar refractivity (Wildman–Crippen MR) is 125 cm³/mol. The van der Waals surface area contributed by atoms with E-state index in [-0.39, 0.29) is 17.0 Å². The third kappa shape index (κ3) is 7.09. The van der Waals surface area contributed by atoms with Crippen molar-refractivity contribution < 1.29 is 31.4 Å². The molecule has 0 atom stereocenters. The van der Waals surface area contributed by atoms with E-state index in [4.69, 9.17) is 4.42 Å². The summed E-state index contributed by atoms with van der Waals surface area (Å²) in [4.78, 5) is 27.2. The molecule has 12 heteroatoms. The maximum atomic E-state index is 13.5. The first-order chi connectivity index (χ1) is 16.5. The number of halogens is 1. The van der Waals surface area contributed by atoms with Crippen LogP contribution in [0.1, 0.15) is 21.7 Å². The number of carbonyl (C=O) groups excluding carboxylic acids is 2. The van der Waals surface area contributed by atoms with E-state index in [1.165, 1.54) is 30.3 Å². The molecule has 0 aliphatic heterocycles. The van der Waals surface area contributed by atoms with Gasteiger partial charge >= 0.3 is 0 Å². The number of hydrogen-bond donors (Lipinski definition) is 2. The average molecular weight is 500 g/mol. The Balaban J connectivity index is 1.82. The third-order valence-corrected chi connectivity index (χ3v) is 5.22. The number of hydrazone groups is 1. The smallest absolute Gasteiger partial charge is 0.287 e. The van der Waals surface area contributed by atoms with Gasteiger partial charge < -0.3 is 19.2 Å². The van der Waals surface area contributed by atoms with Crippen molar-refractivity contribution in [1.29, 1.82) is 0 Å². The van der Waals surface area contributed by atoms with Gasteiger partial charge in [0.1, 0.15) is 17.3 Å². The molecule has 10 nitrogen and oxygen atoms in total. The Kier molecular flexibility index (Phi) is 7.79. The van der Waals surface area contributed by atoms with Gasteiger partial charge in [-0.1, -0.05) is 18.2 Å². The monoisotopic (exact) mass is 499 g/mol. The van der Waals surface area contributed by atoms with E-state index in [9.17, 15) is 27.0 Å². The lowest BCUT2D eigenvalue weighted by Crippen LogP contribution is -2.32. The fraction of sp³-hybridized carbons (Fsp3) is 0.0870. The van der Waals surface area contributed by atoms with E-state index in [0.29, 0.717) is 5.56 Å². The Morgan fingerprint density at radius 2 is 1.80 bits per heavy atom. The first kappa shape index (κ1) is 25.3. The summed E-state index contributed by atoms with van der Waals surface area (Å²) in [5.74, 6) is -2.27. The molecule has 2 aromatic carbocycles. The maximum absolute atomic E-state index is 13.5. The number of nitrogens with zero attached hydrogens (tertiary/aromatic N) is 2. The molecule has 1 heterocycles. The number of carbonyl (C=O) groups is 2. The Hall–Kier alpha value is -4.29. The minimum atomic E-state index is -4.77. The second-order valence-corrected chi connectivity index (χ2v) is 8.63. The van der Waals surface area contributed by atoms with Crippen LogP contribution in [-0.4, -0.2) is 45.1 Å². The number of anilines is 1. The molecule has 0 unspecified atom stereocenters. The molecule has 0 saturated carbocycles. The standard InChI is InChI=1S/C23H21FN4O6S/c1-28(2)18-8-6-15(7-9-18)12-20(26-22(29)16-4-3-5-17(24)13-16)23(30)27-25-14-19-10-11-21(34-19)35(31,32)33/h3-14H,1-2H3,(H,26,29)(H,27,30)(H,31,32,33)/p-1/b20-12+,25-14-. The van der Waals surface area contributed by atoms with Gasteiger partial charge in [0, 0.05) is 25.3 Å². The lowest BCUT2D eigenvalue weighted by atomic mass is 10.1. The normalized spacial score (nSPS) is 11.9. The molecule has 0 aliphatic carbocycles. The zero-order chi connectivity index (χ0) is 25.6. The van der Waals surface area contributed by atoms with Crippen molar-refractivity contribution in [2.45, 2.75) is 5.09 Å². The second-order valence-electron chi connectivity index (χ2n) is 7.32. The fourth-order valence-electron chi connectivity index (χ4n) is 2.77. The maximum Gasteiger partial charge on any atom is 0.287 e. The van der Waals surface area contributed by atoms with Crippen LogP contribution < -0.4 is 15.6 Å². The molecule has 35 heavy (non-hydrogen) atoms. The van der Waals surface area contributed by atoms with Crippen LogP contribution in [0.2, 0.25) is 0 Å². The molecular weight excluding hydrogens is 479 g/mol. The van der Waals surface area contributed by atoms with Gasteiger partial charge in [-0.3, -0.25) is 9.59 Å². The molecule has 0 spiro atoms. The average Bonchev–Trinajstić information content (AvgIpc) is 3.28. The van der Waals surface area contributed by atoms with Gasteiger partial charge in [0.05, 0.1) is 6.21 Å². The van der Waals surface area contributed by atoms with Gasteiger partial charge in [-0.25, -0.2) is 18.2 Å². The van der Waals surface area contributed by atoms with Crippen molar-refractivity contribution in [3.05, 3.63) is 89.1 Å². The molecule has 3 rings (SSSR count). The minimum Gasteiger partial charge on any atom is -0.742 e. The number of nitrogens with one attached hydrogen (secondary N) is 2. The quantitative estimate of drug-likeness (QED) is 0.209.